The summed E-state index contributed by atoms with van der Waals surface area (Å²) in [4.78, 5) is 95.6. The third-order valence-electron chi connectivity index (χ3n) is 13.9. The molecule has 24 heteroatoms. The molecule has 5 heterocycles. The fourth-order valence-corrected chi connectivity index (χ4v) is 10.7. The largest absolute Gasteiger partial charge is 0.478 e. The number of nitrogens with zero attached hydrogens (tertiary/aromatic N) is 5. The number of phosphoric ester groups is 1. The van der Waals surface area contributed by atoms with Gasteiger partial charge in [0.05, 0.1) is 44.2 Å². The number of rotatable bonds is 19. The van der Waals surface area contributed by atoms with Crippen molar-refractivity contribution in [3.8, 4) is 5.75 Å². The third kappa shape index (κ3) is 13.4. The van der Waals surface area contributed by atoms with Crippen LogP contribution in [-0.2, 0) is 68.3 Å². The Kier molecular flexibility index (Phi) is 17.6. The van der Waals surface area contributed by atoms with Crippen molar-refractivity contribution in [3.05, 3.63) is 171 Å². The van der Waals surface area contributed by atoms with Crippen molar-refractivity contribution in [2.75, 3.05) is 46.2 Å². The van der Waals surface area contributed by atoms with Gasteiger partial charge in [-0.3, -0.25) is 38.0 Å². The maximum Gasteiger partial charge on any atom is 0.478 e. The Hall–Kier alpha value is -7.82. The van der Waals surface area contributed by atoms with E-state index >= 15 is 0 Å². The number of amides is 4. The molecule has 416 valence electrons. The number of pyridine rings is 1. The predicted octanol–water partition coefficient (Wildman–Crippen LogP) is 7.67. The first kappa shape index (κ1) is 55.9. The van der Waals surface area contributed by atoms with Gasteiger partial charge in [0, 0.05) is 56.5 Å². The fourth-order valence-electron chi connectivity index (χ4n) is 9.69. The van der Waals surface area contributed by atoms with Crippen molar-refractivity contribution in [1.29, 1.82) is 0 Å². The Morgan fingerprint density at radius 2 is 1.53 bits per heavy atom. The molecule has 0 saturated carbocycles. The molecule has 4 aromatic carbocycles. The minimum atomic E-state index is -4.47. The number of oxime groups is 1. The minimum absolute atomic E-state index is 0.0603. The van der Waals surface area contributed by atoms with E-state index < -0.39 is 110 Å². The molecule has 0 aliphatic carbocycles. The van der Waals surface area contributed by atoms with Crippen molar-refractivity contribution in [2.45, 2.75) is 83.2 Å². The molecule has 1 aromatic heterocycles. The lowest BCUT2D eigenvalue weighted by Gasteiger charge is -2.42. The zero-order chi connectivity index (χ0) is 55.7. The van der Waals surface area contributed by atoms with Crippen LogP contribution in [0.25, 0.3) is 0 Å². The SMILES string of the molecule is CC1=NO[C@@]2(CC[C@H](C)N3C[C@H]2n2cc(C(=O)NCc4ccc(F)cc4F)c(=O)c(OC(=O)N4CCOC[C@H]4CN(CC(=O)OCc4ccccc4)C(=O)OCOP(=O)(OCc4ccccc4)OCc4ccccc4)c2C3=O)C1. The summed E-state index contributed by atoms with van der Waals surface area (Å²) in [6.07, 6.45) is 0.00899. The van der Waals surface area contributed by atoms with Crippen molar-refractivity contribution < 1.29 is 74.7 Å². The van der Waals surface area contributed by atoms with Gasteiger partial charge in [0.2, 0.25) is 18.0 Å². The molecule has 4 aliphatic heterocycles. The summed E-state index contributed by atoms with van der Waals surface area (Å²) < 4.78 is 83.5. The van der Waals surface area contributed by atoms with E-state index in [1.807, 2.05) is 6.92 Å². The predicted molar refractivity (Wildman–Crippen MR) is 276 cm³/mol. The summed E-state index contributed by atoms with van der Waals surface area (Å²) in [6, 6.07) is 26.8. The van der Waals surface area contributed by atoms with E-state index in [0.717, 1.165) is 21.9 Å². The Morgan fingerprint density at radius 3 is 2.16 bits per heavy atom. The van der Waals surface area contributed by atoms with Crippen LogP contribution in [0.15, 0.2) is 125 Å². The van der Waals surface area contributed by atoms with Gasteiger partial charge < -0.3 is 38.6 Å². The molecule has 4 aliphatic rings. The second-order valence-corrected chi connectivity index (χ2v) is 21.0. The van der Waals surface area contributed by atoms with Crippen LogP contribution in [0.1, 0.15) is 82.3 Å². The lowest BCUT2D eigenvalue weighted by molar-refractivity contribution is -0.146. The number of phosphoric acid groups is 1. The number of carbonyl (C=O) groups is 5. The Labute approximate surface area is 452 Å². The molecule has 2 saturated heterocycles. The van der Waals surface area contributed by atoms with Crippen molar-refractivity contribution in [1.82, 2.24) is 24.6 Å². The van der Waals surface area contributed by atoms with Gasteiger partial charge in [-0.2, -0.15) is 0 Å². The normalized spacial score (nSPS) is 19.6. The van der Waals surface area contributed by atoms with E-state index in [1.165, 1.54) is 10.8 Å². The Balaban J connectivity index is 0.987. The highest BCUT2D eigenvalue weighted by Crippen LogP contribution is 2.51. The molecule has 21 nitrogen and oxygen atoms in total. The van der Waals surface area contributed by atoms with Crippen molar-refractivity contribution in [2.24, 2.45) is 5.16 Å². The summed E-state index contributed by atoms with van der Waals surface area (Å²) in [7, 11) is -4.47. The maximum absolute atomic E-state index is 14.7. The minimum Gasteiger partial charge on any atom is -0.459 e. The Morgan fingerprint density at radius 1 is 0.873 bits per heavy atom. The van der Waals surface area contributed by atoms with Crippen LogP contribution >= 0.6 is 7.82 Å². The molecule has 4 amide bonds. The number of morpholine rings is 1. The molecule has 1 N–H and O–H groups in total. The Bertz CT molecular complexity index is 3150. The topological polar surface area (TPSA) is 232 Å². The van der Waals surface area contributed by atoms with E-state index in [2.05, 4.69) is 10.5 Å². The monoisotopic (exact) mass is 1110 g/mol. The van der Waals surface area contributed by atoms with Crippen LogP contribution in [0.5, 0.6) is 5.75 Å². The maximum atomic E-state index is 14.7. The van der Waals surface area contributed by atoms with E-state index in [-0.39, 0.29) is 63.4 Å². The molecule has 2 bridgehead atoms. The van der Waals surface area contributed by atoms with Gasteiger partial charge >= 0.3 is 26.0 Å². The van der Waals surface area contributed by atoms with Gasteiger partial charge in [-0.15, -0.1) is 0 Å². The quantitative estimate of drug-likeness (QED) is 0.0475. The molecule has 1 spiro atoms. The van der Waals surface area contributed by atoms with E-state index in [0.29, 0.717) is 47.7 Å². The van der Waals surface area contributed by atoms with Crippen LogP contribution in [0.3, 0.4) is 0 Å². The van der Waals surface area contributed by atoms with Crippen molar-refractivity contribution >= 4 is 43.5 Å². The summed E-state index contributed by atoms with van der Waals surface area (Å²) in [5.41, 5.74) is -0.657. The zero-order valence-electron chi connectivity index (χ0n) is 43.2. The average Bonchev–Trinajstić information content (AvgIpc) is 3.84. The smallest absolute Gasteiger partial charge is 0.459 e. The van der Waals surface area contributed by atoms with Crippen LogP contribution in [-0.4, -0.2) is 119 Å². The summed E-state index contributed by atoms with van der Waals surface area (Å²) in [5, 5.41) is 6.73. The van der Waals surface area contributed by atoms with Gasteiger partial charge in [-0.05, 0) is 49.4 Å². The number of carbonyl (C=O) groups excluding carboxylic acids is 5. The van der Waals surface area contributed by atoms with E-state index in [4.69, 9.17) is 37.4 Å². The van der Waals surface area contributed by atoms with Crippen LogP contribution in [0, 0.1) is 11.6 Å². The molecular formula is C55H57F2N6O15P. The average molecular weight is 1110 g/mol. The molecule has 5 aromatic rings. The molecule has 4 atom stereocenters. The lowest BCUT2D eigenvalue weighted by Crippen LogP contribution is -2.56. The zero-order valence-corrected chi connectivity index (χ0v) is 44.1. The number of ether oxygens (including phenoxy) is 4. The van der Waals surface area contributed by atoms with Gasteiger partial charge in [0.25, 0.3) is 11.8 Å². The van der Waals surface area contributed by atoms with Crippen molar-refractivity contribution in [3.63, 3.8) is 0 Å². The van der Waals surface area contributed by atoms with E-state index in [1.54, 1.807) is 103 Å². The number of hydrogen-bond donors (Lipinski definition) is 1. The highest BCUT2D eigenvalue weighted by Gasteiger charge is 2.54. The second kappa shape index (κ2) is 24.9. The van der Waals surface area contributed by atoms with E-state index in [9.17, 15) is 42.1 Å². The first-order valence-electron chi connectivity index (χ1n) is 25.4. The highest BCUT2D eigenvalue weighted by molar-refractivity contribution is 7.48. The molecule has 79 heavy (non-hydrogen) atoms. The first-order valence-corrected chi connectivity index (χ1v) is 26.9. The number of nitrogens with one attached hydrogen (secondary N) is 1. The second-order valence-electron chi connectivity index (χ2n) is 19.3. The number of hydrogen-bond acceptors (Lipinski definition) is 16. The number of fused-ring (bicyclic) bond motifs is 5. The molecule has 0 unspecified atom stereocenters. The third-order valence-corrected chi connectivity index (χ3v) is 15.2. The van der Waals surface area contributed by atoms with Crippen LogP contribution in [0.4, 0.5) is 18.4 Å². The van der Waals surface area contributed by atoms with Gasteiger partial charge in [-0.1, -0.05) is 102 Å². The number of aromatic nitrogens is 1. The van der Waals surface area contributed by atoms with Gasteiger partial charge in [-0.25, -0.2) is 27.5 Å². The first-order chi connectivity index (χ1) is 38.1. The summed E-state index contributed by atoms with van der Waals surface area (Å²) in [5.74, 6) is -5.19. The molecule has 9 rings (SSSR count). The summed E-state index contributed by atoms with van der Waals surface area (Å²) >= 11 is 0. The number of benzene rings is 4. The fraction of sp³-hybridized carbons (Fsp3) is 0.364. The van der Waals surface area contributed by atoms with Crippen LogP contribution < -0.4 is 15.5 Å². The number of halogens is 2. The standard InChI is InChI=1S/C55H57F2N6O15P/c1-36-25-55(78-59-36)21-20-37(2)62-29-46(55)63-28-44(51(66)58-26-41-18-19-42(56)24-45(41)57)49(65)50(48(63)52(62)67)77-54(69)61-22-23-71-34-43(61)27-60(30-47(64)72-31-38-12-6-3-7-13-38)53(68)73-35-76-79(70,74-32-39-14-8-4-9-15-39)75-33-40-16-10-5-11-17-40/h3-19,24,28,37,43,46H,20-23,25-27,29-35H2,1-2H3,(H,58,66)/t37-,43+,46+,55-/m0/s1. The molecule has 0 radical (unpaired) electrons. The number of esters is 1. The van der Waals surface area contributed by atoms with Gasteiger partial charge in [0.15, 0.2) is 11.3 Å². The highest BCUT2D eigenvalue weighted by atomic mass is 31.2. The van der Waals surface area contributed by atoms with Gasteiger partial charge in [0.1, 0.15) is 30.3 Å². The molecular weight excluding hydrogens is 1050 g/mol. The van der Waals surface area contributed by atoms with Crippen LogP contribution in [0.2, 0.25) is 0 Å². The summed E-state index contributed by atoms with van der Waals surface area (Å²) in [6.45, 7) is -0.0901. The molecule has 2 fully saturated rings. The lowest BCUT2D eigenvalue weighted by atomic mass is 9.84.